The molecule has 0 aliphatic carbocycles. The first kappa shape index (κ1) is 16.5. The fourth-order valence-corrected chi connectivity index (χ4v) is 5.09. The van der Waals surface area contributed by atoms with Gasteiger partial charge in [0, 0.05) is 19.1 Å². The molecule has 2 N–H and O–H groups in total. The van der Waals surface area contributed by atoms with Crippen LogP contribution in [0.4, 0.5) is 0 Å². The molecule has 0 amide bonds. The highest BCUT2D eigenvalue weighted by Gasteiger charge is 2.34. The van der Waals surface area contributed by atoms with Crippen molar-refractivity contribution in [1.82, 2.24) is 4.31 Å². The van der Waals surface area contributed by atoms with Crippen LogP contribution in [-0.2, 0) is 23.0 Å². The van der Waals surface area contributed by atoms with Crippen LogP contribution in [0, 0.1) is 5.92 Å². The van der Waals surface area contributed by atoms with Gasteiger partial charge in [-0.3, -0.25) is 0 Å². The van der Waals surface area contributed by atoms with Gasteiger partial charge < -0.3 is 5.73 Å². The van der Waals surface area contributed by atoms with E-state index in [9.17, 15) is 8.42 Å². The SMILES string of the molecule is CCc1ccc(CN)cc1S(=O)(=O)N1CC(C)CCC1C. The lowest BCUT2D eigenvalue weighted by Crippen LogP contribution is -2.45. The van der Waals surface area contributed by atoms with Gasteiger partial charge in [-0.2, -0.15) is 4.31 Å². The summed E-state index contributed by atoms with van der Waals surface area (Å²) in [6.07, 6.45) is 2.73. The average Bonchev–Trinajstić information content (AvgIpc) is 2.48. The second-order valence-corrected chi connectivity index (χ2v) is 7.96. The molecule has 1 aliphatic rings. The van der Waals surface area contributed by atoms with E-state index in [2.05, 4.69) is 6.92 Å². The molecule has 1 aliphatic heterocycles. The molecule has 118 valence electrons. The van der Waals surface area contributed by atoms with Crippen LogP contribution in [-0.4, -0.2) is 25.3 Å². The number of hydrogen-bond donors (Lipinski definition) is 1. The molecule has 1 saturated heterocycles. The summed E-state index contributed by atoms with van der Waals surface area (Å²) in [6.45, 7) is 7.07. The Morgan fingerprint density at radius 1 is 1.29 bits per heavy atom. The predicted molar refractivity (Wildman–Crippen MR) is 85.5 cm³/mol. The van der Waals surface area contributed by atoms with Crippen molar-refractivity contribution in [2.24, 2.45) is 11.7 Å². The summed E-state index contributed by atoms with van der Waals surface area (Å²) in [5.41, 5.74) is 7.41. The number of benzene rings is 1. The van der Waals surface area contributed by atoms with Gasteiger partial charge in [-0.15, -0.1) is 0 Å². The summed E-state index contributed by atoms with van der Waals surface area (Å²) in [7, 11) is -3.44. The molecular formula is C16H26N2O2S. The molecular weight excluding hydrogens is 284 g/mol. The first-order valence-electron chi connectivity index (χ1n) is 7.73. The topological polar surface area (TPSA) is 63.4 Å². The Morgan fingerprint density at radius 3 is 2.62 bits per heavy atom. The zero-order valence-electron chi connectivity index (χ0n) is 13.2. The average molecular weight is 310 g/mol. The Kier molecular flexibility index (Phi) is 5.07. The smallest absolute Gasteiger partial charge is 0.243 e. The monoisotopic (exact) mass is 310 g/mol. The highest BCUT2D eigenvalue weighted by molar-refractivity contribution is 7.89. The third-order valence-corrected chi connectivity index (χ3v) is 6.46. The van der Waals surface area contributed by atoms with Crippen molar-refractivity contribution in [2.75, 3.05) is 6.54 Å². The summed E-state index contributed by atoms with van der Waals surface area (Å²) in [4.78, 5) is 0.439. The van der Waals surface area contributed by atoms with Gasteiger partial charge in [0.2, 0.25) is 10.0 Å². The Labute approximate surface area is 128 Å². The maximum absolute atomic E-state index is 13.1. The highest BCUT2D eigenvalue weighted by atomic mass is 32.2. The Balaban J connectivity index is 2.47. The van der Waals surface area contributed by atoms with E-state index in [4.69, 9.17) is 5.73 Å². The van der Waals surface area contributed by atoms with E-state index in [0.717, 1.165) is 24.0 Å². The van der Waals surface area contributed by atoms with Crippen LogP contribution >= 0.6 is 0 Å². The number of nitrogens with two attached hydrogens (primary N) is 1. The van der Waals surface area contributed by atoms with Gasteiger partial charge in [0.25, 0.3) is 0 Å². The number of nitrogens with zero attached hydrogens (tertiary/aromatic N) is 1. The summed E-state index contributed by atoms with van der Waals surface area (Å²) < 4.78 is 27.8. The van der Waals surface area contributed by atoms with Crippen molar-refractivity contribution in [3.63, 3.8) is 0 Å². The number of rotatable bonds is 4. The molecule has 2 rings (SSSR count). The molecule has 2 atom stereocenters. The third kappa shape index (κ3) is 3.30. The Morgan fingerprint density at radius 2 is 2.00 bits per heavy atom. The fraction of sp³-hybridized carbons (Fsp3) is 0.625. The van der Waals surface area contributed by atoms with Crippen LogP contribution in [0.15, 0.2) is 23.1 Å². The molecule has 1 fully saturated rings. The zero-order chi connectivity index (χ0) is 15.6. The first-order chi connectivity index (χ1) is 9.90. The lowest BCUT2D eigenvalue weighted by Gasteiger charge is -2.36. The van der Waals surface area contributed by atoms with E-state index in [1.807, 2.05) is 26.0 Å². The first-order valence-corrected chi connectivity index (χ1v) is 9.17. The van der Waals surface area contributed by atoms with Crippen molar-refractivity contribution in [2.45, 2.75) is 57.5 Å². The van der Waals surface area contributed by atoms with Gasteiger partial charge in [-0.05, 0) is 49.3 Å². The van der Waals surface area contributed by atoms with Crippen molar-refractivity contribution < 1.29 is 8.42 Å². The number of sulfonamides is 1. The summed E-state index contributed by atoms with van der Waals surface area (Å²) in [5.74, 6) is 0.416. The molecule has 0 bridgehead atoms. The van der Waals surface area contributed by atoms with E-state index in [1.54, 1.807) is 10.4 Å². The van der Waals surface area contributed by atoms with Gasteiger partial charge >= 0.3 is 0 Å². The summed E-state index contributed by atoms with van der Waals surface area (Å²) in [6, 6.07) is 5.63. The Bertz CT molecular complexity index is 598. The van der Waals surface area contributed by atoms with E-state index >= 15 is 0 Å². The largest absolute Gasteiger partial charge is 0.326 e. The van der Waals surface area contributed by atoms with Crippen molar-refractivity contribution in [3.05, 3.63) is 29.3 Å². The van der Waals surface area contributed by atoms with Crippen LogP contribution in [0.1, 0.15) is 44.7 Å². The molecule has 5 heteroatoms. The minimum Gasteiger partial charge on any atom is -0.326 e. The maximum atomic E-state index is 13.1. The van der Waals surface area contributed by atoms with E-state index in [0.29, 0.717) is 30.3 Å². The van der Waals surface area contributed by atoms with Crippen molar-refractivity contribution in [1.29, 1.82) is 0 Å². The lowest BCUT2D eigenvalue weighted by molar-refractivity contribution is 0.218. The fourth-order valence-electron chi connectivity index (χ4n) is 2.97. The van der Waals surface area contributed by atoms with Crippen LogP contribution < -0.4 is 5.73 Å². The summed E-state index contributed by atoms with van der Waals surface area (Å²) >= 11 is 0. The minimum absolute atomic E-state index is 0.0671. The summed E-state index contributed by atoms with van der Waals surface area (Å²) in [5, 5.41) is 0. The van der Waals surface area contributed by atoms with Crippen LogP contribution in [0.25, 0.3) is 0 Å². The standard InChI is InChI=1S/C16H26N2O2S/c1-4-15-8-7-14(10-17)9-16(15)21(19,20)18-11-12(2)5-6-13(18)3/h7-9,12-13H,4-6,10-11,17H2,1-3H3. The number of hydrogen-bond acceptors (Lipinski definition) is 3. The van der Waals surface area contributed by atoms with E-state index < -0.39 is 10.0 Å². The molecule has 0 saturated carbocycles. The molecule has 0 spiro atoms. The normalized spacial score (nSPS) is 24.2. The van der Waals surface area contributed by atoms with Gasteiger partial charge in [0.15, 0.2) is 0 Å². The molecule has 4 nitrogen and oxygen atoms in total. The zero-order valence-corrected chi connectivity index (χ0v) is 14.0. The molecule has 0 radical (unpaired) electrons. The Hall–Kier alpha value is -0.910. The molecule has 0 aromatic heterocycles. The van der Waals surface area contributed by atoms with Crippen molar-refractivity contribution >= 4 is 10.0 Å². The quantitative estimate of drug-likeness (QED) is 0.929. The van der Waals surface area contributed by atoms with Crippen LogP contribution in [0.5, 0.6) is 0 Å². The molecule has 2 unspecified atom stereocenters. The van der Waals surface area contributed by atoms with Crippen LogP contribution in [0.2, 0.25) is 0 Å². The van der Waals surface area contributed by atoms with Gasteiger partial charge in [-0.1, -0.05) is 26.0 Å². The second kappa shape index (κ2) is 6.46. The van der Waals surface area contributed by atoms with Crippen LogP contribution in [0.3, 0.4) is 0 Å². The van der Waals surface area contributed by atoms with Crippen molar-refractivity contribution in [3.8, 4) is 0 Å². The van der Waals surface area contributed by atoms with E-state index in [1.165, 1.54) is 0 Å². The lowest BCUT2D eigenvalue weighted by atomic mass is 9.97. The third-order valence-electron chi connectivity index (χ3n) is 4.40. The number of aryl methyl sites for hydroxylation is 1. The minimum atomic E-state index is -3.44. The predicted octanol–water partition coefficient (Wildman–Crippen LogP) is 2.52. The highest BCUT2D eigenvalue weighted by Crippen LogP contribution is 2.30. The molecule has 1 aromatic carbocycles. The second-order valence-electron chi connectivity index (χ2n) is 6.11. The van der Waals surface area contributed by atoms with Gasteiger partial charge in [0.1, 0.15) is 0 Å². The van der Waals surface area contributed by atoms with Gasteiger partial charge in [0.05, 0.1) is 4.90 Å². The maximum Gasteiger partial charge on any atom is 0.243 e. The van der Waals surface area contributed by atoms with E-state index in [-0.39, 0.29) is 6.04 Å². The molecule has 1 aromatic rings. The molecule has 1 heterocycles. The molecule has 21 heavy (non-hydrogen) atoms. The van der Waals surface area contributed by atoms with Gasteiger partial charge in [-0.25, -0.2) is 8.42 Å². The number of piperidine rings is 1.